The van der Waals surface area contributed by atoms with E-state index in [1.165, 1.54) is 0 Å². The van der Waals surface area contributed by atoms with Crippen LogP contribution < -0.4 is 5.32 Å². The molecule has 1 aliphatic heterocycles. The summed E-state index contributed by atoms with van der Waals surface area (Å²) in [4.78, 5) is 25.7. The number of likely N-dealkylation sites (tertiary alicyclic amines) is 1. The largest absolute Gasteiger partial charge is 0.349 e. The molecule has 0 bridgehead atoms. The van der Waals surface area contributed by atoms with Gasteiger partial charge in [-0.3, -0.25) is 9.59 Å². The molecule has 0 aliphatic carbocycles. The second-order valence-electron chi connectivity index (χ2n) is 5.20. The Hall–Kier alpha value is -0.970. The molecule has 1 aliphatic rings. The number of piperidine rings is 1. The number of amides is 2. The van der Waals surface area contributed by atoms with Crippen molar-refractivity contribution in [2.24, 2.45) is 0 Å². The Morgan fingerprint density at radius 1 is 1.18 bits per heavy atom. The number of nitrogens with one attached hydrogen (secondary N) is 1. The van der Waals surface area contributed by atoms with Crippen LogP contribution in [-0.2, 0) is 4.79 Å². The highest BCUT2D eigenvalue weighted by Crippen LogP contribution is 2.22. The van der Waals surface area contributed by atoms with Crippen LogP contribution in [0, 0.1) is 0 Å². The van der Waals surface area contributed by atoms with Gasteiger partial charge in [-0.2, -0.15) is 0 Å². The summed E-state index contributed by atoms with van der Waals surface area (Å²) < 4.78 is 0. The van der Waals surface area contributed by atoms with Gasteiger partial charge < -0.3 is 10.2 Å². The van der Waals surface area contributed by atoms with E-state index in [1.54, 1.807) is 23.1 Å². The smallest absolute Gasteiger partial charge is 0.251 e. The van der Waals surface area contributed by atoms with Crippen LogP contribution in [0.5, 0.6) is 0 Å². The lowest BCUT2D eigenvalue weighted by atomic mass is 10.0. The highest BCUT2D eigenvalue weighted by atomic mass is 35.5. The van der Waals surface area contributed by atoms with Crippen molar-refractivity contribution < 1.29 is 9.59 Å². The molecule has 1 fully saturated rings. The molecular formula is C15H17Cl3N2O2. The van der Waals surface area contributed by atoms with Gasteiger partial charge in [0, 0.05) is 37.0 Å². The lowest BCUT2D eigenvalue weighted by Crippen LogP contribution is -2.46. The van der Waals surface area contributed by atoms with E-state index in [0.717, 1.165) is 12.8 Å². The summed E-state index contributed by atoms with van der Waals surface area (Å²) in [5.41, 5.74) is 0.482. The minimum absolute atomic E-state index is 0.0574. The number of carbonyl (C=O) groups excluding carboxylic acids is 2. The van der Waals surface area contributed by atoms with E-state index in [4.69, 9.17) is 34.8 Å². The Balaban J connectivity index is 1.86. The second kappa shape index (κ2) is 8.04. The van der Waals surface area contributed by atoms with Crippen LogP contribution in [0.25, 0.3) is 0 Å². The lowest BCUT2D eigenvalue weighted by Gasteiger charge is -2.32. The van der Waals surface area contributed by atoms with Crippen molar-refractivity contribution in [1.29, 1.82) is 0 Å². The normalized spacial score (nSPS) is 15.7. The van der Waals surface area contributed by atoms with Crippen molar-refractivity contribution in [2.75, 3.05) is 19.0 Å². The van der Waals surface area contributed by atoms with Crippen LogP contribution in [0.4, 0.5) is 0 Å². The minimum Gasteiger partial charge on any atom is -0.349 e. The summed E-state index contributed by atoms with van der Waals surface area (Å²) in [7, 11) is 0. The number of halogens is 3. The summed E-state index contributed by atoms with van der Waals surface area (Å²) in [5.74, 6) is 0.237. The second-order valence-corrected chi connectivity index (χ2v) is 6.39. The predicted molar refractivity (Wildman–Crippen MR) is 88.9 cm³/mol. The molecule has 7 heteroatoms. The first-order chi connectivity index (χ1) is 10.5. The first kappa shape index (κ1) is 17.4. The van der Waals surface area contributed by atoms with E-state index in [2.05, 4.69) is 5.32 Å². The molecule has 0 atom stereocenters. The van der Waals surface area contributed by atoms with Crippen LogP contribution in [-0.4, -0.2) is 41.7 Å². The van der Waals surface area contributed by atoms with Gasteiger partial charge >= 0.3 is 0 Å². The molecule has 22 heavy (non-hydrogen) atoms. The molecule has 1 N–H and O–H groups in total. The molecule has 1 saturated heterocycles. The van der Waals surface area contributed by atoms with Crippen LogP contribution in [0.3, 0.4) is 0 Å². The first-order valence-electron chi connectivity index (χ1n) is 7.11. The summed E-state index contributed by atoms with van der Waals surface area (Å²) in [6.07, 6.45) is 1.84. The third kappa shape index (κ3) is 4.51. The molecule has 120 valence electrons. The van der Waals surface area contributed by atoms with Gasteiger partial charge in [-0.05, 0) is 31.0 Å². The van der Waals surface area contributed by atoms with E-state index >= 15 is 0 Å². The molecule has 0 unspecified atom stereocenters. The molecule has 2 rings (SSSR count). The maximum absolute atomic E-state index is 12.2. The average Bonchev–Trinajstić information content (AvgIpc) is 2.51. The molecule has 1 heterocycles. The minimum atomic E-state index is -0.177. The Kier molecular flexibility index (Phi) is 6.36. The van der Waals surface area contributed by atoms with Crippen molar-refractivity contribution in [1.82, 2.24) is 10.2 Å². The number of rotatable bonds is 4. The third-order valence-electron chi connectivity index (χ3n) is 3.67. The van der Waals surface area contributed by atoms with Gasteiger partial charge in [-0.15, -0.1) is 11.6 Å². The predicted octanol–water partition coefficient (Wildman–Crippen LogP) is 3.34. The average molecular weight is 364 g/mol. The molecule has 4 nitrogen and oxygen atoms in total. The Morgan fingerprint density at radius 3 is 2.45 bits per heavy atom. The zero-order valence-corrected chi connectivity index (χ0v) is 14.2. The lowest BCUT2D eigenvalue weighted by molar-refractivity contribution is -0.131. The van der Waals surface area contributed by atoms with Crippen LogP contribution in [0.15, 0.2) is 18.2 Å². The molecule has 0 radical (unpaired) electrons. The SMILES string of the molecule is O=C(NC1CCN(C(=O)CCCl)CC1)c1ccc(Cl)c(Cl)c1. The topological polar surface area (TPSA) is 49.4 Å². The van der Waals surface area contributed by atoms with Crippen molar-refractivity contribution in [3.8, 4) is 0 Å². The quantitative estimate of drug-likeness (QED) is 0.834. The maximum Gasteiger partial charge on any atom is 0.251 e. The van der Waals surface area contributed by atoms with Gasteiger partial charge in [0.1, 0.15) is 0 Å². The van der Waals surface area contributed by atoms with Gasteiger partial charge in [0.05, 0.1) is 10.0 Å². The Bertz CT molecular complexity index is 558. The molecular weight excluding hydrogens is 347 g/mol. The van der Waals surface area contributed by atoms with Crippen LogP contribution in [0.1, 0.15) is 29.6 Å². The molecule has 0 saturated carbocycles. The van der Waals surface area contributed by atoms with Gasteiger partial charge in [-0.1, -0.05) is 23.2 Å². The summed E-state index contributed by atoms with van der Waals surface area (Å²) in [5, 5.41) is 3.75. The highest BCUT2D eigenvalue weighted by molar-refractivity contribution is 6.42. The number of hydrogen-bond acceptors (Lipinski definition) is 2. The van der Waals surface area contributed by atoms with Crippen molar-refractivity contribution in [3.63, 3.8) is 0 Å². The summed E-state index contributed by atoms with van der Waals surface area (Å²) in [6.45, 7) is 1.28. The van der Waals surface area contributed by atoms with Crippen molar-refractivity contribution in [3.05, 3.63) is 33.8 Å². The highest BCUT2D eigenvalue weighted by Gasteiger charge is 2.23. The number of alkyl halides is 1. The first-order valence-corrected chi connectivity index (χ1v) is 8.40. The van der Waals surface area contributed by atoms with Crippen molar-refractivity contribution >= 4 is 46.6 Å². The Labute approximate surface area is 144 Å². The molecule has 2 amide bonds. The van der Waals surface area contributed by atoms with Gasteiger partial charge in [0.2, 0.25) is 5.91 Å². The summed E-state index contributed by atoms with van der Waals surface area (Å²) in [6, 6.07) is 4.86. The van der Waals surface area contributed by atoms with E-state index in [9.17, 15) is 9.59 Å². The number of carbonyl (C=O) groups is 2. The van der Waals surface area contributed by atoms with E-state index in [-0.39, 0.29) is 17.9 Å². The zero-order chi connectivity index (χ0) is 16.1. The fraction of sp³-hybridized carbons (Fsp3) is 0.467. The number of hydrogen-bond donors (Lipinski definition) is 1. The molecule has 0 spiro atoms. The van der Waals surface area contributed by atoms with Crippen LogP contribution in [0.2, 0.25) is 10.0 Å². The zero-order valence-electron chi connectivity index (χ0n) is 11.9. The fourth-order valence-electron chi connectivity index (χ4n) is 2.42. The van der Waals surface area contributed by atoms with E-state index in [1.807, 2.05) is 0 Å². The van der Waals surface area contributed by atoms with Gasteiger partial charge in [0.25, 0.3) is 5.91 Å². The standard InChI is InChI=1S/C15H17Cl3N2O2/c16-6-3-14(21)20-7-4-11(5-8-20)19-15(22)10-1-2-12(17)13(18)9-10/h1-2,9,11H,3-8H2,(H,19,22). The fourth-order valence-corrected chi connectivity index (χ4v) is 2.88. The Morgan fingerprint density at radius 2 is 1.86 bits per heavy atom. The molecule has 0 aromatic heterocycles. The number of nitrogens with zero attached hydrogens (tertiary/aromatic N) is 1. The van der Waals surface area contributed by atoms with E-state index < -0.39 is 0 Å². The van der Waals surface area contributed by atoms with Crippen molar-refractivity contribution in [2.45, 2.75) is 25.3 Å². The third-order valence-corrected chi connectivity index (χ3v) is 4.60. The molecule has 1 aromatic rings. The van der Waals surface area contributed by atoms with Gasteiger partial charge in [-0.25, -0.2) is 0 Å². The maximum atomic E-state index is 12.2. The van der Waals surface area contributed by atoms with E-state index in [0.29, 0.717) is 41.0 Å². The van der Waals surface area contributed by atoms with Crippen LogP contribution >= 0.6 is 34.8 Å². The van der Waals surface area contributed by atoms with Gasteiger partial charge in [0.15, 0.2) is 0 Å². The molecule has 1 aromatic carbocycles. The summed E-state index contributed by atoms with van der Waals surface area (Å²) >= 11 is 17.3. The number of benzene rings is 1. The monoisotopic (exact) mass is 362 g/mol.